The van der Waals surface area contributed by atoms with Crippen LogP contribution in [0, 0.1) is 6.92 Å². The normalized spacial score (nSPS) is 16.0. The Kier molecular flexibility index (Phi) is 5.57. The van der Waals surface area contributed by atoms with E-state index in [1.54, 1.807) is 0 Å². The molecule has 1 aliphatic heterocycles. The van der Waals surface area contributed by atoms with E-state index in [0.717, 1.165) is 43.3 Å². The number of nitrogens with zero attached hydrogens (tertiary/aromatic N) is 3. The summed E-state index contributed by atoms with van der Waals surface area (Å²) in [7, 11) is 0. The first-order valence-electron chi connectivity index (χ1n) is 8.44. The number of nitrogens with one attached hydrogen (secondary N) is 1. The summed E-state index contributed by atoms with van der Waals surface area (Å²) in [4.78, 5) is 4.99. The highest BCUT2D eigenvalue weighted by atomic mass is 35.5. The highest BCUT2D eigenvalue weighted by Gasteiger charge is 2.16. The number of aromatic nitrogens is 2. The quantitative estimate of drug-likeness (QED) is 0.822. The van der Waals surface area contributed by atoms with E-state index in [-0.39, 0.29) is 0 Å². The summed E-state index contributed by atoms with van der Waals surface area (Å²) in [6, 6.07) is 10.3. The lowest BCUT2D eigenvalue weighted by Crippen LogP contribution is -2.46. The van der Waals surface area contributed by atoms with Crippen LogP contribution < -0.4 is 4.90 Å². The van der Waals surface area contributed by atoms with Crippen LogP contribution in [0.5, 0.6) is 0 Å². The maximum Gasteiger partial charge on any atom is 0.0624 e. The molecule has 4 nitrogen and oxygen atoms in total. The van der Waals surface area contributed by atoms with Crippen LogP contribution in [0.4, 0.5) is 5.69 Å². The SMILES string of the molecule is Cc1cc(CCCCN2CCN(c3cccc(Cl)c3)CC2)n[nH]1. The minimum Gasteiger partial charge on any atom is -0.369 e. The van der Waals surface area contributed by atoms with Gasteiger partial charge in [-0.2, -0.15) is 5.10 Å². The van der Waals surface area contributed by atoms with E-state index < -0.39 is 0 Å². The Morgan fingerprint density at radius 1 is 1.13 bits per heavy atom. The van der Waals surface area contributed by atoms with Gasteiger partial charge in [0.25, 0.3) is 0 Å². The van der Waals surface area contributed by atoms with Crippen LogP contribution in [-0.2, 0) is 6.42 Å². The van der Waals surface area contributed by atoms with E-state index in [1.165, 1.54) is 30.8 Å². The van der Waals surface area contributed by atoms with Gasteiger partial charge in [-0.05, 0) is 57.0 Å². The number of hydrogen-bond donors (Lipinski definition) is 1. The Labute approximate surface area is 143 Å². The van der Waals surface area contributed by atoms with Crippen molar-refractivity contribution in [2.75, 3.05) is 37.6 Å². The molecule has 0 spiro atoms. The number of rotatable bonds is 6. The Morgan fingerprint density at radius 3 is 2.65 bits per heavy atom. The predicted molar refractivity (Wildman–Crippen MR) is 96.4 cm³/mol. The number of benzene rings is 1. The monoisotopic (exact) mass is 332 g/mol. The average Bonchev–Trinajstić information content (AvgIpc) is 2.98. The van der Waals surface area contributed by atoms with Crippen molar-refractivity contribution in [2.45, 2.75) is 26.2 Å². The van der Waals surface area contributed by atoms with Crippen molar-refractivity contribution in [3.63, 3.8) is 0 Å². The van der Waals surface area contributed by atoms with Crippen molar-refractivity contribution in [1.82, 2.24) is 15.1 Å². The lowest BCUT2D eigenvalue weighted by Gasteiger charge is -2.36. The van der Waals surface area contributed by atoms with E-state index in [2.05, 4.69) is 45.1 Å². The van der Waals surface area contributed by atoms with Crippen molar-refractivity contribution in [3.05, 3.63) is 46.7 Å². The van der Waals surface area contributed by atoms with Gasteiger partial charge >= 0.3 is 0 Å². The van der Waals surface area contributed by atoms with Crippen LogP contribution in [0.15, 0.2) is 30.3 Å². The molecule has 1 N–H and O–H groups in total. The highest BCUT2D eigenvalue weighted by Crippen LogP contribution is 2.20. The fourth-order valence-electron chi connectivity index (χ4n) is 3.15. The molecular weight excluding hydrogens is 308 g/mol. The van der Waals surface area contributed by atoms with Gasteiger partial charge in [0.1, 0.15) is 0 Å². The van der Waals surface area contributed by atoms with Crippen molar-refractivity contribution < 1.29 is 0 Å². The second kappa shape index (κ2) is 7.84. The van der Waals surface area contributed by atoms with Gasteiger partial charge < -0.3 is 4.90 Å². The average molecular weight is 333 g/mol. The molecule has 1 aliphatic rings. The Morgan fingerprint density at radius 2 is 1.96 bits per heavy atom. The zero-order valence-corrected chi connectivity index (χ0v) is 14.5. The summed E-state index contributed by atoms with van der Waals surface area (Å²) in [6.07, 6.45) is 3.52. The number of halogens is 1. The number of H-pyrrole nitrogens is 1. The molecular formula is C18H25ClN4. The summed E-state index contributed by atoms with van der Waals surface area (Å²) in [5.41, 5.74) is 3.58. The zero-order chi connectivity index (χ0) is 16.1. The van der Waals surface area contributed by atoms with E-state index >= 15 is 0 Å². The summed E-state index contributed by atoms with van der Waals surface area (Å²) in [5, 5.41) is 8.12. The number of piperazine rings is 1. The molecule has 0 radical (unpaired) electrons. The largest absolute Gasteiger partial charge is 0.369 e. The Hall–Kier alpha value is -1.52. The van der Waals surface area contributed by atoms with Gasteiger partial charge in [-0.25, -0.2) is 0 Å². The predicted octanol–water partition coefficient (Wildman–Crippen LogP) is 3.52. The summed E-state index contributed by atoms with van der Waals surface area (Å²) >= 11 is 6.08. The number of hydrogen-bond acceptors (Lipinski definition) is 3. The number of unbranched alkanes of at least 4 members (excludes halogenated alkanes) is 1. The molecule has 0 amide bonds. The zero-order valence-electron chi connectivity index (χ0n) is 13.8. The minimum absolute atomic E-state index is 0.818. The lowest BCUT2D eigenvalue weighted by molar-refractivity contribution is 0.253. The lowest BCUT2D eigenvalue weighted by atomic mass is 10.1. The van der Waals surface area contributed by atoms with Crippen molar-refractivity contribution in [3.8, 4) is 0 Å². The van der Waals surface area contributed by atoms with Crippen LogP contribution in [-0.4, -0.2) is 47.8 Å². The Balaban J connectivity index is 1.36. The Bertz CT molecular complexity index is 617. The molecule has 2 heterocycles. The van der Waals surface area contributed by atoms with Gasteiger partial charge in [-0.1, -0.05) is 17.7 Å². The molecule has 1 aromatic carbocycles. The van der Waals surface area contributed by atoms with Gasteiger partial charge in [0.15, 0.2) is 0 Å². The van der Waals surface area contributed by atoms with Crippen LogP contribution in [0.25, 0.3) is 0 Å². The molecule has 1 saturated heterocycles. The number of anilines is 1. The standard InChI is InChI=1S/C18H25ClN4/c1-15-13-17(21-20-15)6-2-3-8-22-9-11-23(12-10-22)18-7-4-5-16(19)14-18/h4-5,7,13-14H,2-3,6,8-12H2,1H3,(H,20,21). The van der Waals surface area contributed by atoms with E-state index in [1.807, 2.05) is 12.1 Å². The molecule has 2 aromatic rings. The van der Waals surface area contributed by atoms with Crippen LogP contribution >= 0.6 is 11.6 Å². The second-order valence-corrected chi connectivity index (χ2v) is 6.74. The molecule has 124 valence electrons. The molecule has 3 rings (SSSR count). The maximum absolute atomic E-state index is 6.08. The summed E-state index contributed by atoms with van der Waals surface area (Å²) in [5.74, 6) is 0. The molecule has 1 aromatic heterocycles. The van der Waals surface area contributed by atoms with Crippen molar-refractivity contribution in [2.24, 2.45) is 0 Å². The fourth-order valence-corrected chi connectivity index (χ4v) is 3.33. The topological polar surface area (TPSA) is 35.2 Å². The second-order valence-electron chi connectivity index (χ2n) is 6.31. The smallest absolute Gasteiger partial charge is 0.0624 e. The molecule has 5 heteroatoms. The third-order valence-corrected chi connectivity index (χ3v) is 4.70. The van der Waals surface area contributed by atoms with Gasteiger partial charge in [0.2, 0.25) is 0 Å². The molecule has 0 bridgehead atoms. The number of aromatic amines is 1. The third kappa shape index (κ3) is 4.72. The summed E-state index contributed by atoms with van der Waals surface area (Å²) < 4.78 is 0. The van der Waals surface area contributed by atoms with Gasteiger partial charge in [-0.3, -0.25) is 10.00 Å². The molecule has 0 saturated carbocycles. The molecule has 0 aliphatic carbocycles. The maximum atomic E-state index is 6.08. The minimum atomic E-state index is 0.818. The van der Waals surface area contributed by atoms with Gasteiger partial charge in [-0.15, -0.1) is 0 Å². The van der Waals surface area contributed by atoms with Crippen molar-refractivity contribution >= 4 is 17.3 Å². The summed E-state index contributed by atoms with van der Waals surface area (Å²) in [6.45, 7) is 7.67. The number of aryl methyl sites for hydroxylation is 2. The van der Waals surface area contributed by atoms with Gasteiger partial charge in [0.05, 0.1) is 5.69 Å². The van der Waals surface area contributed by atoms with Crippen LogP contribution in [0.1, 0.15) is 24.2 Å². The first-order chi connectivity index (χ1) is 11.2. The molecule has 23 heavy (non-hydrogen) atoms. The van der Waals surface area contributed by atoms with E-state index in [0.29, 0.717) is 0 Å². The van der Waals surface area contributed by atoms with E-state index in [4.69, 9.17) is 11.6 Å². The van der Waals surface area contributed by atoms with Crippen LogP contribution in [0.3, 0.4) is 0 Å². The van der Waals surface area contributed by atoms with Crippen LogP contribution in [0.2, 0.25) is 5.02 Å². The third-order valence-electron chi connectivity index (χ3n) is 4.46. The molecule has 0 unspecified atom stereocenters. The first kappa shape index (κ1) is 16.3. The highest BCUT2D eigenvalue weighted by molar-refractivity contribution is 6.30. The first-order valence-corrected chi connectivity index (χ1v) is 8.82. The molecule has 0 atom stereocenters. The fraction of sp³-hybridized carbons (Fsp3) is 0.500. The van der Waals surface area contributed by atoms with E-state index in [9.17, 15) is 0 Å². The van der Waals surface area contributed by atoms with Gasteiger partial charge in [0, 0.05) is 42.6 Å². The van der Waals surface area contributed by atoms with Crippen molar-refractivity contribution in [1.29, 1.82) is 0 Å². The molecule has 1 fully saturated rings.